The monoisotopic (exact) mass is 1600 g/mol. The summed E-state index contributed by atoms with van der Waals surface area (Å²) in [6.45, 7) is 36.9. The Morgan fingerprint density at radius 1 is 0.176 bits per heavy atom. The average molecular weight is 1600 g/mol. The predicted octanol–water partition coefficient (Wildman–Crippen LogP) is 23.9. The van der Waals surface area contributed by atoms with Crippen molar-refractivity contribution in [3.8, 4) is 78.8 Å². The summed E-state index contributed by atoms with van der Waals surface area (Å²) in [6, 6.07) is 70.2. The van der Waals surface area contributed by atoms with Crippen molar-refractivity contribution >= 4 is 0 Å². The van der Waals surface area contributed by atoms with E-state index in [2.05, 4.69) is 309 Å². The lowest BCUT2D eigenvalue weighted by Crippen LogP contribution is -2.35. The minimum Gasteiger partial charge on any atom is -0.199 e. The van der Waals surface area contributed by atoms with Gasteiger partial charge in [-0.3, -0.25) is 0 Å². The van der Waals surface area contributed by atoms with Gasteiger partial charge in [-0.25, -0.2) is 0 Å². The summed E-state index contributed by atoms with van der Waals surface area (Å²) in [4.78, 5) is 0. The molecule has 0 aliphatic carbocycles. The lowest BCUT2D eigenvalue weighted by atomic mass is 9.96. The van der Waals surface area contributed by atoms with Crippen LogP contribution in [-0.2, 0) is 49.3 Å². The third-order valence-electron chi connectivity index (χ3n) is 23.6. The van der Waals surface area contributed by atoms with E-state index in [1.165, 1.54) is 146 Å². The summed E-state index contributed by atoms with van der Waals surface area (Å²) in [5, 5.41) is 0. The maximum atomic E-state index is 7.81. The van der Waals surface area contributed by atoms with E-state index in [9.17, 15) is 0 Å². The highest BCUT2D eigenvalue weighted by atomic mass is 15.0. The zero-order valence-corrected chi connectivity index (χ0v) is 76.8. The maximum Gasteiger partial charge on any atom is 0.215 e. The molecule has 7 nitrogen and oxygen atoms in total. The first-order chi connectivity index (χ1) is 62.1. The van der Waals surface area contributed by atoms with Gasteiger partial charge in [-0.05, 0) is 278 Å². The van der Waals surface area contributed by atoms with E-state index in [1.807, 2.05) is 51.6 Å². The fourth-order valence-corrected chi connectivity index (χ4v) is 15.4. The van der Waals surface area contributed by atoms with Gasteiger partial charge >= 0.3 is 0 Å². The first-order valence-corrected chi connectivity index (χ1v) is 41.1. The zero-order valence-electron chi connectivity index (χ0n) is 91.8. The third kappa shape index (κ3) is 22.3. The van der Waals surface area contributed by atoms with E-state index in [4.69, 9.17) is 20.6 Å². The van der Waals surface area contributed by atoms with Crippen molar-refractivity contribution < 1.29 is 52.5 Å². The van der Waals surface area contributed by atoms with Crippen molar-refractivity contribution in [2.75, 3.05) is 0 Å². The smallest absolute Gasteiger partial charge is 0.199 e. The molecule has 0 saturated heterocycles. The molecular formula is C112H140N7+7. The molecule has 7 aromatic heterocycles. The van der Waals surface area contributed by atoms with E-state index in [0.29, 0.717) is 28.1 Å². The van der Waals surface area contributed by atoms with Crippen LogP contribution in [0.5, 0.6) is 0 Å². The molecule has 0 saturated carbocycles. The minimum absolute atomic E-state index is 0.158. The molecule has 0 bridgehead atoms. The molecule has 7 heteroatoms. The van der Waals surface area contributed by atoms with Crippen molar-refractivity contribution in [3.63, 3.8) is 0 Å². The van der Waals surface area contributed by atoms with Crippen LogP contribution in [0.2, 0.25) is 0 Å². The van der Waals surface area contributed by atoms with Gasteiger partial charge in [0.1, 0.15) is 49.3 Å². The number of nitrogens with zero attached hydrogens (tertiary/aromatic N) is 7. The Labute approximate surface area is 739 Å². The molecule has 0 atom stereocenters. The fraction of sp³-hybridized carbons (Fsp3) is 0.312. The normalized spacial score (nSPS) is 13.0. The lowest BCUT2D eigenvalue weighted by Gasteiger charge is -2.11. The van der Waals surface area contributed by atoms with Crippen LogP contribution >= 0.6 is 0 Å². The molecule has 0 aliphatic heterocycles. The SMILES string of the molecule is Cc1cc(C)[n+](C)c(-c2cccc(C)c2C)c1.Cc1ccc(C)c(-c2c(C)ccc(C)[n+]2C)c1.Cc1ccc(C)c(-c2c(C)ccc(C)[n+]2C)c1.Cc1cccc(C)c1-c1c(C)ccc(C)[n+]1C.[2H]C([2H])([2H])c1cc(C)[n+](C)c(-c2cccc(C([2H])([2H])[2H])c2C)c1.[2H]C([2H])([2H])c1ccc(-c2c(C)ccc(C)[n+]2C)c(C)c1.[2H]C([2H])([2H])c1cccc(C)c1-c1c(C([2H])([2H])[2H])ccc(C)[n+]1C. The highest BCUT2D eigenvalue weighted by Gasteiger charge is 2.25. The number of pyridine rings is 7. The summed E-state index contributed by atoms with van der Waals surface area (Å²) in [6.07, 6.45) is 0. The van der Waals surface area contributed by atoms with Crippen LogP contribution in [0.15, 0.2) is 212 Å². The number of aryl methyl sites for hydroxylation is 26. The van der Waals surface area contributed by atoms with Gasteiger partial charge in [-0.2, -0.15) is 32.0 Å². The van der Waals surface area contributed by atoms with Crippen molar-refractivity contribution in [3.05, 3.63) is 369 Å². The van der Waals surface area contributed by atoms with E-state index in [1.54, 1.807) is 92.2 Å². The third-order valence-corrected chi connectivity index (χ3v) is 23.6. The molecule has 0 spiro atoms. The van der Waals surface area contributed by atoms with Gasteiger partial charge in [0.2, 0.25) is 39.9 Å². The molecule has 7 aromatic carbocycles. The van der Waals surface area contributed by atoms with Crippen molar-refractivity contribution in [1.82, 2.24) is 0 Å². The second-order valence-electron chi connectivity index (χ2n) is 32.7. The Morgan fingerprint density at radius 3 is 0.899 bits per heavy atom. The summed E-state index contributed by atoms with van der Waals surface area (Å²) in [7, 11) is 14.2. The first kappa shape index (κ1) is 72.8. The van der Waals surface area contributed by atoms with Crippen LogP contribution in [0, 0.1) is 194 Å². The van der Waals surface area contributed by atoms with Crippen LogP contribution in [-0.4, -0.2) is 0 Å². The zero-order chi connectivity index (χ0) is 101. The summed E-state index contributed by atoms with van der Waals surface area (Å²) < 4.78 is 130. The standard InChI is InChI=1S/7C16H20N/c1-11-6-9-15(13(3)10-11)16-12(2)7-8-14(4)17(16)5;2*1-11-6-7-12(2)15(10-11)16-13(3)8-9-14(4)17(16)5;2*1-11-9-13(3)17(5)16(10-11)15-8-6-7-12(2)14(15)4;2*1-11-7-6-8-12(2)15(11)16-13(3)9-10-14(4)17(16)5/h7*6-10H,1-5H3/q7*+1/i1D3;;;1D3,2D3;;1D3,3D3;. The molecular weight excluding hydrogens is 1440 g/mol. The summed E-state index contributed by atoms with van der Waals surface area (Å²) in [5.74, 6) is 0. The lowest BCUT2D eigenvalue weighted by molar-refractivity contribution is -0.667. The predicted molar refractivity (Wildman–Crippen MR) is 504 cm³/mol. The van der Waals surface area contributed by atoms with E-state index in [-0.39, 0.29) is 22.3 Å². The molecule has 0 N–H and O–H groups in total. The number of rotatable bonds is 7. The van der Waals surface area contributed by atoms with Crippen molar-refractivity contribution in [1.29, 1.82) is 0 Å². The maximum absolute atomic E-state index is 7.81. The fourth-order valence-electron chi connectivity index (χ4n) is 15.4. The average Bonchev–Trinajstić information content (AvgIpc) is 0.751. The number of benzene rings is 7. The first-order valence-electron chi connectivity index (χ1n) is 48.6. The van der Waals surface area contributed by atoms with Crippen LogP contribution in [0.4, 0.5) is 0 Å². The van der Waals surface area contributed by atoms with Gasteiger partial charge < -0.3 is 0 Å². The highest BCUT2D eigenvalue weighted by molar-refractivity contribution is 5.71. The Kier molecular flexibility index (Phi) is 25.0. The number of aromatic nitrogens is 7. The summed E-state index contributed by atoms with van der Waals surface area (Å²) >= 11 is 0. The quantitative estimate of drug-likeness (QED) is 0.142. The van der Waals surface area contributed by atoms with E-state index in [0.717, 1.165) is 39.3 Å². The minimum atomic E-state index is -2.32. The van der Waals surface area contributed by atoms with Crippen molar-refractivity contribution in [2.24, 2.45) is 49.3 Å². The Morgan fingerprint density at radius 2 is 0.487 bits per heavy atom. The number of hydrogen-bond donors (Lipinski definition) is 0. The Hall–Kier alpha value is -11.4. The second-order valence-corrected chi connectivity index (χ2v) is 32.7. The molecule has 0 amide bonds. The highest BCUT2D eigenvalue weighted by Crippen LogP contribution is 2.33. The topological polar surface area (TPSA) is 27.2 Å². The van der Waals surface area contributed by atoms with Crippen molar-refractivity contribution in [2.45, 2.75) is 194 Å². The van der Waals surface area contributed by atoms with E-state index >= 15 is 0 Å². The molecule has 14 aromatic rings. The molecule has 0 aliphatic rings. The molecule has 0 fully saturated rings. The molecule has 7 heterocycles. The molecule has 0 radical (unpaired) electrons. The molecule has 119 heavy (non-hydrogen) atoms. The van der Waals surface area contributed by atoms with Gasteiger partial charge in [0.25, 0.3) is 0 Å². The molecule has 14 rings (SSSR count). The second kappa shape index (κ2) is 40.8. The Bertz CT molecular complexity index is 6540. The van der Waals surface area contributed by atoms with Gasteiger partial charge in [-0.1, -0.05) is 114 Å². The van der Waals surface area contributed by atoms with Crippen LogP contribution in [0.25, 0.3) is 78.8 Å². The van der Waals surface area contributed by atoms with Crippen LogP contribution in [0.3, 0.4) is 0 Å². The molecule has 616 valence electrons. The number of hydrogen-bond acceptors (Lipinski definition) is 0. The van der Waals surface area contributed by atoms with Gasteiger partial charge in [0.05, 0.1) is 11.1 Å². The van der Waals surface area contributed by atoms with E-state index < -0.39 is 34.3 Å². The van der Waals surface area contributed by atoms with Gasteiger partial charge in [-0.15, -0.1) is 0 Å². The van der Waals surface area contributed by atoms with Crippen LogP contribution < -0.4 is 32.0 Å². The molecule has 0 unspecified atom stereocenters. The van der Waals surface area contributed by atoms with Gasteiger partial charge in [0, 0.05) is 179 Å². The van der Waals surface area contributed by atoms with Crippen LogP contribution in [0.1, 0.15) is 177 Å². The van der Waals surface area contributed by atoms with Gasteiger partial charge in [0.15, 0.2) is 39.9 Å². The Balaban J connectivity index is 0.000000193. The summed E-state index contributed by atoms with van der Waals surface area (Å²) in [5.41, 5.74) is 44.0. The largest absolute Gasteiger partial charge is 0.215 e.